The van der Waals surface area contributed by atoms with Gasteiger partial charge in [0.15, 0.2) is 0 Å². The first-order valence-electron chi connectivity index (χ1n) is 6.89. The monoisotopic (exact) mass is 250 g/mol. The highest BCUT2D eigenvalue weighted by Crippen LogP contribution is 2.14. The number of hydrogen-bond donors (Lipinski definition) is 1. The molecule has 0 radical (unpaired) electrons. The van der Waals surface area contributed by atoms with Gasteiger partial charge in [-0.15, -0.1) is 0 Å². The zero-order chi connectivity index (χ0) is 13.2. The second kappa shape index (κ2) is 9.06. The molecule has 1 rings (SSSR count). The summed E-state index contributed by atoms with van der Waals surface area (Å²) in [5.41, 5.74) is 1.35. The van der Waals surface area contributed by atoms with Crippen LogP contribution in [0, 0.1) is 5.92 Å². The van der Waals surface area contributed by atoms with Crippen molar-refractivity contribution in [3.63, 3.8) is 0 Å². The molecular formula is C15H26N2O. The molecule has 2 unspecified atom stereocenters. The number of hydrogen-bond acceptors (Lipinski definition) is 3. The van der Waals surface area contributed by atoms with Gasteiger partial charge in [-0.05, 0) is 49.4 Å². The zero-order valence-corrected chi connectivity index (χ0v) is 11.9. The fraction of sp³-hybridized carbons (Fsp3) is 0.667. The maximum Gasteiger partial charge on any atom is 0.0465 e. The molecule has 3 heteroatoms. The Labute approximate surface area is 111 Å². The first kappa shape index (κ1) is 15.1. The van der Waals surface area contributed by atoms with Crippen LogP contribution in [0.3, 0.4) is 0 Å². The van der Waals surface area contributed by atoms with Gasteiger partial charge in [-0.2, -0.15) is 0 Å². The fourth-order valence-electron chi connectivity index (χ4n) is 2.08. The lowest BCUT2D eigenvalue weighted by molar-refractivity contribution is 0.170. The summed E-state index contributed by atoms with van der Waals surface area (Å²) in [6, 6.07) is 4.72. The lowest BCUT2D eigenvalue weighted by Crippen LogP contribution is -2.37. The largest absolute Gasteiger partial charge is 0.385 e. The third kappa shape index (κ3) is 5.61. The molecule has 0 bridgehead atoms. The lowest BCUT2D eigenvalue weighted by atomic mass is 9.93. The highest BCUT2D eigenvalue weighted by Gasteiger charge is 2.16. The molecular weight excluding hydrogens is 224 g/mol. The van der Waals surface area contributed by atoms with Crippen molar-refractivity contribution in [2.24, 2.45) is 5.92 Å². The van der Waals surface area contributed by atoms with Crippen molar-refractivity contribution < 1.29 is 4.74 Å². The van der Waals surface area contributed by atoms with E-state index in [1.165, 1.54) is 12.0 Å². The maximum atomic E-state index is 5.18. The number of rotatable bonds is 9. The average Bonchev–Trinajstić information content (AvgIpc) is 2.42. The van der Waals surface area contributed by atoms with E-state index < -0.39 is 0 Å². The van der Waals surface area contributed by atoms with Gasteiger partial charge < -0.3 is 10.1 Å². The Balaban J connectivity index is 2.54. The third-order valence-corrected chi connectivity index (χ3v) is 3.33. The Morgan fingerprint density at radius 3 is 2.67 bits per heavy atom. The summed E-state index contributed by atoms with van der Waals surface area (Å²) in [7, 11) is 1.77. The summed E-state index contributed by atoms with van der Waals surface area (Å²) < 4.78 is 5.18. The van der Waals surface area contributed by atoms with Gasteiger partial charge in [0, 0.05) is 32.2 Å². The van der Waals surface area contributed by atoms with E-state index in [1.807, 2.05) is 12.4 Å². The van der Waals surface area contributed by atoms with E-state index in [0.29, 0.717) is 12.0 Å². The fourth-order valence-corrected chi connectivity index (χ4v) is 2.08. The van der Waals surface area contributed by atoms with E-state index in [1.54, 1.807) is 7.11 Å². The average molecular weight is 250 g/mol. The van der Waals surface area contributed by atoms with Gasteiger partial charge in [0.05, 0.1) is 0 Å². The van der Waals surface area contributed by atoms with Gasteiger partial charge in [0.2, 0.25) is 0 Å². The molecule has 102 valence electrons. The topological polar surface area (TPSA) is 34.2 Å². The maximum absolute atomic E-state index is 5.18. The molecule has 0 aromatic carbocycles. The van der Waals surface area contributed by atoms with Crippen LogP contribution >= 0.6 is 0 Å². The third-order valence-electron chi connectivity index (χ3n) is 3.33. The SMILES string of the molecule is CCCNC(Cc1ccncc1)C(C)CCOC. The molecule has 1 heterocycles. The van der Waals surface area contributed by atoms with Gasteiger partial charge in [-0.25, -0.2) is 0 Å². The van der Waals surface area contributed by atoms with E-state index in [4.69, 9.17) is 4.74 Å². The van der Waals surface area contributed by atoms with Crippen molar-refractivity contribution in [3.05, 3.63) is 30.1 Å². The molecule has 0 saturated carbocycles. The van der Waals surface area contributed by atoms with Gasteiger partial charge in [-0.1, -0.05) is 13.8 Å². The predicted octanol–water partition coefficient (Wildman–Crippen LogP) is 2.66. The summed E-state index contributed by atoms with van der Waals surface area (Å²) in [6.45, 7) is 6.42. The van der Waals surface area contributed by atoms with Gasteiger partial charge in [-0.3, -0.25) is 4.98 Å². The van der Waals surface area contributed by atoms with Gasteiger partial charge in [0.1, 0.15) is 0 Å². The van der Waals surface area contributed by atoms with Crippen LogP contribution in [-0.4, -0.2) is 31.3 Å². The number of methoxy groups -OCH3 is 1. The van der Waals surface area contributed by atoms with Gasteiger partial charge in [0.25, 0.3) is 0 Å². The lowest BCUT2D eigenvalue weighted by Gasteiger charge is -2.25. The minimum absolute atomic E-state index is 0.516. The van der Waals surface area contributed by atoms with Crippen LogP contribution in [0.25, 0.3) is 0 Å². The molecule has 0 amide bonds. The molecule has 1 aromatic rings. The van der Waals surface area contributed by atoms with Crippen molar-refractivity contribution in [1.82, 2.24) is 10.3 Å². The number of ether oxygens (including phenoxy) is 1. The minimum Gasteiger partial charge on any atom is -0.385 e. The second-order valence-electron chi connectivity index (χ2n) is 4.88. The van der Waals surface area contributed by atoms with Crippen molar-refractivity contribution in [1.29, 1.82) is 0 Å². The Morgan fingerprint density at radius 2 is 2.06 bits per heavy atom. The highest BCUT2D eigenvalue weighted by atomic mass is 16.5. The van der Waals surface area contributed by atoms with Crippen LogP contribution in [0.2, 0.25) is 0 Å². The first-order chi connectivity index (χ1) is 8.77. The first-order valence-corrected chi connectivity index (χ1v) is 6.89. The number of pyridine rings is 1. The Morgan fingerprint density at radius 1 is 1.33 bits per heavy atom. The quantitative estimate of drug-likeness (QED) is 0.731. The molecule has 0 aliphatic rings. The van der Waals surface area contributed by atoms with Crippen LogP contribution in [-0.2, 0) is 11.2 Å². The van der Waals surface area contributed by atoms with Crippen LogP contribution in [0.5, 0.6) is 0 Å². The summed E-state index contributed by atoms with van der Waals surface area (Å²) in [5.74, 6) is 0.615. The number of aromatic nitrogens is 1. The van der Waals surface area contributed by atoms with Crippen molar-refractivity contribution >= 4 is 0 Å². The van der Waals surface area contributed by atoms with E-state index in [2.05, 4.69) is 36.3 Å². The standard InChI is InChI=1S/C15H26N2O/c1-4-8-17-15(13(2)7-11-18-3)12-14-5-9-16-10-6-14/h5-6,9-10,13,15,17H,4,7-8,11-12H2,1-3H3. The van der Waals surface area contributed by atoms with Crippen LogP contribution in [0.4, 0.5) is 0 Å². The highest BCUT2D eigenvalue weighted by molar-refractivity contribution is 5.11. The predicted molar refractivity (Wildman–Crippen MR) is 75.7 cm³/mol. The molecule has 1 aromatic heterocycles. The summed E-state index contributed by atoms with van der Waals surface area (Å²) in [6.07, 6.45) is 7.07. The molecule has 3 nitrogen and oxygen atoms in total. The zero-order valence-electron chi connectivity index (χ0n) is 11.9. The van der Waals surface area contributed by atoms with E-state index >= 15 is 0 Å². The van der Waals surface area contributed by atoms with Crippen molar-refractivity contribution in [3.8, 4) is 0 Å². The van der Waals surface area contributed by atoms with Crippen molar-refractivity contribution in [2.75, 3.05) is 20.3 Å². The van der Waals surface area contributed by atoms with E-state index in [0.717, 1.165) is 26.0 Å². The smallest absolute Gasteiger partial charge is 0.0465 e. The molecule has 1 N–H and O–H groups in total. The normalized spacial score (nSPS) is 14.4. The molecule has 0 spiro atoms. The number of nitrogens with zero attached hydrogens (tertiary/aromatic N) is 1. The second-order valence-corrected chi connectivity index (χ2v) is 4.88. The number of nitrogens with one attached hydrogen (secondary N) is 1. The summed E-state index contributed by atoms with van der Waals surface area (Å²) in [4.78, 5) is 4.07. The van der Waals surface area contributed by atoms with Crippen molar-refractivity contribution in [2.45, 2.75) is 39.2 Å². The molecule has 0 aliphatic carbocycles. The molecule has 0 fully saturated rings. The van der Waals surface area contributed by atoms with E-state index in [-0.39, 0.29) is 0 Å². The Hall–Kier alpha value is -0.930. The van der Waals surface area contributed by atoms with Crippen LogP contribution in [0.15, 0.2) is 24.5 Å². The summed E-state index contributed by atoms with van der Waals surface area (Å²) in [5, 5.41) is 3.65. The molecule has 2 atom stereocenters. The molecule has 0 aliphatic heterocycles. The Bertz CT molecular complexity index is 303. The molecule has 18 heavy (non-hydrogen) atoms. The Kier molecular flexibility index (Phi) is 7.62. The summed E-state index contributed by atoms with van der Waals surface area (Å²) >= 11 is 0. The van der Waals surface area contributed by atoms with E-state index in [9.17, 15) is 0 Å². The minimum atomic E-state index is 0.516. The van der Waals surface area contributed by atoms with Gasteiger partial charge >= 0.3 is 0 Å². The van der Waals surface area contributed by atoms with Crippen LogP contribution < -0.4 is 5.32 Å². The molecule has 0 saturated heterocycles. The van der Waals surface area contributed by atoms with Crippen LogP contribution in [0.1, 0.15) is 32.3 Å².